The van der Waals surface area contributed by atoms with Crippen LogP contribution in [-0.2, 0) is 16.1 Å². The summed E-state index contributed by atoms with van der Waals surface area (Å²) in [5, 5.41) is 17.1. The predicted octanol–water partition coefficient (Wildman–Crippen LogP) is 3.77. The zero-order chi connectivity index (χ0) is 20.0. The number of aliphatic carboxylic acids is 1. The molecule has 1 saturated carbocycles. The lowest BCUT2D eigenvalue weighted by atomic mass is 9.82. The zero-order valence-corrected chi connectivity index (χ0v) is 17.3. The van der Waals surface area contributed by atoms with Gasteiger partial charge in [-0.05, 0) is 49.8 Å². The minimum Gasteiger partial charge on any atom is -0.481 e. The van der Waals surface area contributed by atoms with Crippen LogP contribution in [0.2, 0.25) is 0 Å². The topological polar surface area (TPSA) is 84.2 Å². The molecule has 1 amide bonds. The Balaban J connectivity index is 1.54. The number of nitrogens with zero attached hydrogens (tertiary/aromatic N) is 2. The van der Waals surface area contributed by atoms with Gasteiger partial charge < -0.3 is 10.4 Å². The number of carboxylic acids is 1. The number of aromatic nitrogens is 2. The maximum Gasteiger partial charge on any atom is 0.307 e. The van der Waals surface area contributed by atoms with E-state index in [4.69, 9.17) is 0 Å². The van der Waals surface area contributed by atoms with Crippen molar-refractivity contribution >= 4 is 33.5 Å². The summed E-state index contributed by atoms with van der Waals surface area (Å²) in [4.78, 5) is 24.7. The van der Waals surface area contributed by atoms with E-state index in [2.05, 4.69) is 26.3 Å². The number of hydrogen-bond acceptors (Lipinski definition) is 3. The Labute approximate surface area is 171 Å². The van der Waals surface area contributed by atoms with Crippen LogP contribution in [-0.4, -0.2) is 26.8 Å². The van der Waals surface area contributed by atoms with E-state index in [1.807, 2.05) is 54.9 Å². The second kappa shape index (κ2) is 7.20. The fraction of sp³-hybridized carbons (Fsp3) is 0.381. The van der Waals surface area contributed by atoms with Crippen molar-refractivity contribution in [3.05, 3.63) is 57.8 Å². The van der Waals surface area contributed by atoms with Crippen LogP contribution in [0.4, 0.5) is 5.69 Å². The summed E-state index contributed by atoms with van der Waals surface area (Å²) in [7, 11) is 0. The van der Waals surface area contributed by atoms with Crippen LogP contribution in [0.15, 0.2) is 40.9 Å². The first-order valence-electron chi connectivity index (χ1n) is 9.35. The molecular formula is C21H22BrN3O3. The summed E-state index contributed by atoms with van der Waals surface area (Å²) < 4.78 is 2.88. The van der Waals surface area contributed by atoms with Gasteiger partial charge in [0.15, 0.2) is 0 Å². The normalized spacial score (nSPS) is 25.2. The maximum absolute atomic E-state index is 13.0. The smallest absolute Gasteiger partial charge is 0.307 e. The van der Waals surface area contributed by atoms with Crippen LogP contribution < -0.4 is 5.32 Å². The number of fused-ring (bicyclic) bond motifs is 2. The van der Waals surface area contributed by atoms with Crippen molar-refractivity contribution in [3.63, 3.8) is 0 Å². The predicted molar refractivity (Wildman–Crippen MR) is 109 cm³/mol. The Bertz CT molecular complexity index is 964. The quantitative estimate of drug-likeness (QED) is 0.688. The molecule has 0 unspecified atom stereocenters. The van der Waals surface area contributed by atoms with Gasteiger partial charge in [-0.25, -0.2) is 0 Å². The maximum atomic E-state index is 13.0. The Morgan fingerprint density at radius 1 is 1.18 bits per heavy atom. The molecule has 1 aromatic heterocycles. The monoisotopic (exact) mass is 443 g/mol. The number of anilines is 1. The van der Waals surface area contributed by atoms with Gasteiger partial charge in [0, 0.05) is 4.47 Å². The molecule has 0 radical (unpaired) electrons. The molecule has 1 fully saturated rings. The molecule has 4 rings (SSSR count). The first kappa shape index (κ1) is 18.9. The summed E-state index contributed by atoms with van der Waals surface area (Å²) in [6.07, 6.45) is 4.68. The Morgan fingerprint density at radius 3 is 2.46 bits per heavy atom. The molecule has 1 aromatic carbocycles. The lowest BCUT2D eigenvalue weighted by Crippen LogP contribution is -2.36. The number of carbonyl (C=O) groups is 2. The number of aryl methyl sites for hydroxylation is 1. The van der Waals surface area contributed by atoms with Crippen LogP contribution in [0.5, 0.6) is 0 Å². The number of benzene rings is 1. The van der Waals surface area contributed by atoms with Crippen molar-refractivity contribution in [2.24, 2.45) is 23.7 Å². The van der Waals surface area contributed by atoms with Gasteiger partial charge in [0.2, 0.25) is 5.91 Å². The summed E-state index contributed by atoms with van der Waals surface area (Å²) in [5.41, 5.74) is 3.38. The second-order valence-electron chi connectivity index (χ2n) is 7.66. The van der Waals surface area contributed by atoms with Crippen LogP contribution in [0, 0.1) is 37.5 Å². The third kappa shape index (κ3) is 3.28. The lowest BCUT2D eigenvalue weighted by molar-refractivity contribution is -0.146. The Kier molecular flexibility index (Phi) is 4.87. The van der Waals surface area contributed by atoms with E-state index in [-0.39, 0.29) is 17.7 Å². The minimum atomic E-state index is -0.892. The molecule has 146 valence electrons. The van der Waals surface area contributed by atoms with Crippen molar-refractivity contribution in [2.45, 2.75) is 26.8 Å². The third-order valence-corrected chi connectivity index (χ3v) is 6.45. The van der Waals surface area contributed by atoms with Crippen molar-refractivity contribution in [2.75, 3.05) is 5.32 Å². The highest BCUT2D eigenvalue weighted by atomic mass is 79.9. The summed E-state index contributed by atoms with van der Waals surface area (Å²) in [6.45, 7) is 4.38. The number of allylic oxidation sites excluding steroid dienone is 2. The SMILES string of the molecule is Cc1nn(Cc2ccc(Br)cc2)c(C)c1NC(=O)[C@H]1[C@H](C(=O)O)[C@H]2C=C[C@H]1C2. The fourth-order valence-corrected chi connectivity index (χ4v) is 4.78. The van der Waals surface area contributed by atoms with E-state index >= 15 is 0 Å². The Morgan fingerprint density at radius 2 is 1.82 bits per heavy atom. The third-order valence-electron chi connectivity index (χ3n) is 5.92. The van der Waals surface area contributed by atoms with Crippen LogP contribution in [0.3, 0.4) is 0 Å². The van der Waals surface area contributed by atoms with Crippen LogP contribution in [0.1, 0.15) is 23.4 Å². The highest BCUT2D eigenvalue weighted by Gasteiger charge is 2.51. The summed E-state index contributed by atoms with van der Waals surface area (Å²) >= 11 is 3.43. The zero-order valence-electron chi connectivity index (χ0n) is 15.7. The van der Waals surface area contributed by atoms with Crippen LogP contribution in [0.25, 0.3) is 0 Å². The molecule has 2 aliphatic carbocycles. The van der Waals surface area contributed by atoms with Gasteiger partial charge in [-0.3, -0.25) is 14.3 Å². The molecule has 6 nitrogen and oxygen atoms in total. The number of carbonyl (C=O) groups excluding carboxylic acids is 1. The molecule has 2 N–H and O–H groups in total. The van der Waals surface area contributed by atoms with Crippen LogP contribution >= 0.6 is 15.9 Å². The molecule has 2 bridgehead atoms. The number of rotatable bonds is 5. The number of hydrogen-bond donors (Lipinski definition) is 2. The number of carboxylic acid groups (broad SMARTS) is 1. The number of amides is 1. The van der Waals surface area contributed by atoms with E-state index in [9.17, 15) is 14.7 Å². The first-order chi connectivity index (χ1) is 13.3. The highest BCUT2D eigenvalue weighted by Crippen LogP contribution is 2.48. The molecule has 4 atom stereocenters. The molecule has 0 spiro atoms. The number of halogens is 1. The van der Waals surface area contributed by atoms with Gasteiger partial charge in [0.1, 0.15) is 0 Å². The molecule has 2 aliphatic rings. The van der Waals surface area contributed by atoms with E-state index in [1.54, 1.807) is 0 Å². The van der Waals surface area contributed by atoms with Crippen molar-refractivity contribution in [3.8, 4) is 0 Å². The van der Waals surface area contributed by atoms with E-state index in [0.717, 1.165) is 27.8 Å². The summed E-state index contributed by atoms with van der Waals surface area (Å²) in [5.74, 6) is -2.32. The van der Waals surface area contributed by atoms with E-state index in [0.29, 0.717) is 12.2 Å². The second-order valence-corrected chi connectivity index (χ2v) is 8.57. The highest BCUT2D eigenvalue weighted by molar-refractivity contribution is 9.10. The van der Waals surface area contributed by atoms with Gasteiger partial charge in [-0.2, -0.15) is 5.10 Å². The van der Waals surface area contributed by atoms with Gasteiger partial charge in [0.05, 0.1) is 35.5 Å². The van der Waals surface area contributed by atoms with Crippen molar-refractivity contribution in [1.82, 2.24) is 9.78 Å². The fourth-order valence-electron chi connectivity index (χ4n) is 4.52. The van der Waals surface area contributed by atoms with Crippen molar-refractivity contribution < 1.29 is 14.7 Å². The van der Waals surface area contributed by atoms with E-state index < -0.39 is 17.8 Å². The van der Waals surface area contributed by atoms with Gasteiger partial charge in [-0.15, -0.1) is 0 Å². The Hall–Kier alpha value is -2.41. The average molecular weight is 444 g/mol. The molecule has 7 heteroatoms. The molecular weight excluding hydrogens is 422 g/mol. The molecule has 28 heavy (non-hydrogen) atoms. The first-order valence-corrected chi connectivity index (χ1v) is 10.1. The van der Waals surface area contributed by atoms with E-state index in [1.165, 1.54) is 0 Å². The molecule has 0 saturated heterocycles. The standard InChI is InChI=1S/C21H22BrN3O3/c1-11-19(12(2)25(24-11)10-13-3-7-16(22)8-4-13)23-20(26)17-14-5-6-15(9-14)18(17)21(27)28/h3-8,14-15,17-18H,9-10H2,1-2H3,(H,23,26)(H,27,28)/t14-,15-,17+,18+/m0/s1. The molecule has 1 heterocycles. The molecule has 2 aromatic rings. The van der Waals surface area contributed by atoms with Gasteiger partial charge in [0.25, 0.3) is 0 Å². The van der Waals surface area contributed by atoms with Gasteiger partial charge >= 0.3 is 5.97 Å². The average Bonchev–Trinajstić information content (AvgIpc) is 3.33. The lowest BCUT2D eigenvalue weighted by Gasteiger charge is -2.23. The van der Waals surface area contributed by atoms with Gasteiger partial charge in [-0.1, -0.05) is 40.2 Å². The van der Waals surface area contributed by atoms with Crippen molar-refractivity contribution in [1.29, 1.82) is 0 Å². The minimum absolute atomic E-state index is 0.00419. The largest absolute Gasteiger partial charge is 0.481 e. The number of nitrogens with one attached hydrogen (secondary N) is 1. The summed E-state index contributed by atoms with van der Waals surface area (Å²) in [6, 6.07) is 8.02. The molecule has 0 aliphatic heterocycles.